The number of carbonyl (C=O) groups is 2. The summed E-state index contributed by atoms with van der Waals surface area (Å²) < 4.78 is 1.54. The number of anilines is 1. The maximum absolute atomic E-state index is 13.4. The van der Waals surface area contributed by atoms with Gasteiger partial charge in [-0.2, -0.15) is 0 Å². The third kappa shape index (κ3) is 5.10. The second-order valence-corrected chi connectivity index (χ2v) is 8.52. The molecule has 160 valence electrons. The zero-order valence-corrected chi connectivity index (χ0v) is 18.9. The zero-order chi connectivity index (χ0) is 22.5. The highest BCUT2D eigenvalue weighted by atomic mass is 35.5. The molecular formula is C25H20ClN3O2S. The Balaban J connectivity index is 1.59. The summed E-state index contributed by atoms with van der Waals surface area (Å²) in [6.45, 7) is 1.99. The van der Waals surface area contributed by atoms with Crippen molar-refractivity contribution in [3.8, 4) is 11.3 Å². The largest absolute Gasteiger partial charge is 0.325 e. The quantitative estimate of drug-likeness (QED) is 0.361. The van der Waals surface area contributed by atoms with Gasteiger partial charge in [0.2, 0.25) is 5.91 Å². The summed E-state index contributed by atoms with van der Waals surface area (Å²) in [7, 11) is 0. The molecule has 1 N–H and O–H groups in total. The fourth-order valence-corrected chi connectivity index (χ4v) is 4.03. The van der Waals surface area contributed by atoms with Gasteiger partial charge in [0.15, 0.2) is 5.16 Å². The molecule has 4 rings (SSSR count). The molecule has 0 aliphatic rings. The summed E-state index contributed by atoms with van der Waals surface area (Å²) in [5.41, 5.74) is 3.85. The summed E-state index contributed by atoms with van der Waals surface area (Å²) in [5.74, 6) is -0.291. The average molecular weight is 462 g/mol. The van der Waals surface area contributed by atoms with Crippen LogP contribution < -0.4 is 5.32 Å². The van der Waals surface area contributed by atoms with Gasteiger partial charge >= 0.3 is 0 Å². The second-order valence-electron chi connectivity index (χ2n) is 7.14. The molecule has 32 heavy (non-hydrogen) atoms. The predicted octanol–water partition coefficient (Wildman–Crippen LogP) is 5.93. The highest BCUT2D eigenvalue weighted by Gasteiger charge is 2.20. The van der Waals surface area contributed by atoms with Crippen LogP contribution in [-0.2, 0) is 4.79 Å². The Morgan fingerprint density at radius 2 is 1.66 bits per heavy atom. The van der Waals surface area contributed by atoms with Crippen molar-refractivity contribution in [3.63, 3.8) is 0 Å². The molecule has 0 spiro atoms. The monoisotopic (exact) mass is 461 g/mol. The van der Waals surface area contributed by atoms with Crippen molar-refractivity contribution < 1.29 is 9.59 Å². The van der Waals surface area contributed by atoms with E-state index in [0.29, 0.717) is 21.4 Å². The van der Waals surface area contributed by atoms with Gasteiger partial charge in [0.05, 0.1) is 17.6 Å². The minimum absolute atomic E-state index is 0.118. The number of thioether (sulfide) groups is 1. The molecular weight excluding hydrogens is 442 g/mol. The second kappa shape index (κ2) is 9.85. The van der Waals surface area contributed by atoms with Crippen LogP contribution >= 0.6 is 23.4 Å². The Kier molecular flexibility index (Phi) is 6.73. The number of hydrogen-bond donors (Lipinski definition) is 1. The number of imidazole rings is 1. The molecule has 0 aliphatic carbocycles. The number of benzene rings is 3. The molecule has 0 unspecified atom stereocenters. The van der Waals surface area contributed by atoms with Crippen LogP contribution in [-0.4, -0.2) is 27.1 Å². The smallest absolute Gasteiger partial charge is 0.264 e. The number of amides is 1. The molecule has 1 amide bonds. The van der Waals surface area contributed by atoms with Gasteiger partial charge in [-0.3, -0.25) is 14.2 Å². The van der Waals surface area contributed by atoms with Crippen LogP contribution in [0.5, 0.6) is 0 Å². The van der Waals surface area contributed by atoms with Crippen LogP contribution in [0.3, 0.4) is 0 Å². The van der Waals surface area contributed by atoms with Crippen molar-refractivity contribution >= 4 is 40.9 Å². The normalized spacial score (nSPS) is 10.7. The highest BCUT2D eigenvalue weighted by Crippen LogP contribution is 2.27. The number of nitrogens with zero attached hydrogens (tertiary/aromatic N) is 2. The number of carbonyl (C=O) groups excluding carboxylic acids is 2. The van der Waals surface area contributed by atoms with E-state index >= 15 is 0 Å². The molecule has 0 bridgehead atoms. The van der Waals surface area contributed by atoms with Gasteiger partial charge in [0.25, 0.3) is 5.91 Å². The molecule has 5 nitrogen and oxygen atoms in total. The van der Waals surface area contributed by atoms with Crippen LogP contribution in [0.2, 0.25) is 5.02 Å². The van der Waals surface area contributed by atoms with E-state index in [4.69, 9.17) is 11.6 Å². The van der Waals surface area contributed by atoms with Crippen molar-refractivity contribution in [1.82, 2.24) is 9.55 Å². The molecule has 1 heterocycles. The first-order valence-corrected chi connectivity index (χ1v) is 11.3. The summed E-state index contributed by atoms with van der Waals surface area (Å²) in [6, 6.07) is 23.9. The lowest BCUT2D eigenvalue weighted by molar-refractivity contribution is -0.113. The topological polar surface area (TPSA) is 64.0 Å². The Hall–Kier alpha value is -3.35. The van der Waals surface area contributed by atoms with Gasteiger partial charge in [0, 0.05) is 21.8 Å². The molecule has 3 aromatic carbocycles. The van der Waals surface area contributed by atoms with Gasteiger partial charge in [0.1, 0.15) is 0 Å². The summed E-state index contributed by atoms with van der Waals surface area (Å²) >= 11 is 7.19. The third-order valence-electron chi connectivity index (χ3n) is 4.76. The Bertz CT molecular complexity index is 1240. The van der Waals surface area contributed by atoms with Gasteiger partial charge in [-0.05, 0) is 43.3 Å². The van der Waals surface area contributed by atoms with E-state index in [1.165, 1.54) is 11.8 Å². The van der Waals surface area contributed by atoms with Crippen molar-refractivity contribution in [2.45, 2.75) is 12.1 Å². The lowest BCUT2D eigenvalue weighted by atomic mass is 10.1. The molecule has 7 heteroatoms. The maximum Gasteiger partial charge on any atom is 0.264 e. The van der Waals surface area contributed by atoms with Crippen LogP contribution in [0.1, 0.15) is 15.9 Å². The number of hydrogen-bond acceptors (Lipinski definition) is 4. The van der Waals surface area contributed by atoms with Crippen LogP contribution in [0, 0.1) is 6.92 Å². The molecule has 0 saturated heterocycles. The summed E-state index contributed by atoms with van der Waals surface area (Å²) in [6.07, 6.45) is 1.66. The lowest BCUT2D eigenvalue weighted by Gasteiger charge is -2.11. The van der Waals surface area contributed by atoms with E-state index in [1.807, 2.05) is 61.5 Å². The van der Waals surface area contributed by atoms with Crippen LogP contribution in [0.25, 0.3) is 11.3 Å². The van der Waals surface area contributed by atoms with Crippen molar-refractivity contribution in [2.75, 3.05) is 11.1 Å². The standard InChI is InChI=1S/C25H20ClN3O2S/c1-17-7-13-21(14-8-17)28-23(30)16-32-25-27-15-22(18-5-3-2-4-6-18)29(25)24(31)19-9-11-20(26)12-10-19/h2-15H,16H2,1H3,(H,28,30). The van der Waals surface area contributed by atoms with Crippen LogP contribution in [0.15, 0.2) is 90.2 Å². The molecule has 0 fully saturated rings. The van der Waals surface area contributed by atoms with Crippen molar-refractivity contribution in [2.24, 2.45) is 0 Å². The summed E-state index contributed by atoms with van der Waals surface area (Å²) in [5, 5.41) is 3.87. The maximum atomic E-state index is 13.4. The van der Waals surface area contributed by atoms with E-state index < -0.39 is 0 Å². The Morgan fingerprint density at radius 3 is 2.34 bits per heavy atom. The minimum Gasteiger partial charge on any atom is -0.325 e. The molecule has 0 radical (unpaired) electrons. The van der Waals surface area contributed by atoms with Crippen molar-refractivity contribution in [1.29, 1.82) is 0 Å². The van der Waals surface area contributed by atoms with Crippen molar-refractivity contribution in [3.05, 3.63) is 101 Å². The SMILES string of the molecule is Cc1ccc(NC(=O)CSc2ncc(-c3ccccc3)n2C(=O)c2ccc(Cl)cc2)cc1. The Morgan fingerprint density at radius 1 is 0.969 bits per heavy atom. The van der Waals surface area contributed by atoms with E-state index in [2.05, 4.69) is 10.3 Å². The number of rotatable bonds is 6. The van der Waals surface area contributed by atoms with Crippen LogP contribution in [0.4, 0.5) is 5.69 Å². The number of nitrogens with one attached hydrogen (secondary N) is 1. The predicted molar refractivity (Wildman–Crippen MR) is 129 cm³/mol. The lowest BCUT2D eigenvalue weighted by Crippen LogP contribution is -2.17. The molecule has 1 aromatic heterocycles. The van der Waals surface area contributed by atoms with E-state index in [9.17, 15) is 9.59 Å². The Labute approximate surface area is 195 Å². The van der Waals surface area contributed by atoms with E-state index in [-0.39, 0.29) is 17.6 Å². The highest BCUT2D eigenvalue weighted by molar-refractivity contribution is 7.99. The fraction of sp³-hybridized carbons (Fsp3) is 0.0800. The number of aryl methyl sites for hydroxylation is 1. The van der Waals surface area contributed by atoms with Gasteiger partial charge in [-0.25, -0.2) is 4.98 Å². The van der Waals surface area contributed by atoms with E-state index in [0.717, 1.165) is 16.8 Å². The van der Waals surface area contributed by atoms with Gasteiger partial charge < -0.3 is 5.32 Å². The van der Waals surface area contributed by atoms with Gasteiger partial charge in [-0.1, -0.05) is 71.4 Å². The number of aromatic nitrogens is 2. The third-order valence-corrected chi connectivity index (χ3v) is 5.97. The molecule has 4 aromatic rings. The first-order chi connectivity index (χ1) is 15.5. The molecule has 0 atom stereocenters. The zero-order valence-electron chi connectivity index (χ0n) is 17.3. The van der Waals surface area contributed by atoms with Gasteiger partial charge in [-0.15, -0.1) is 0 Å². The first kappa shape index (κ1) is 21.9. The number of halogens is 1. The summed E-state index contributed by atoms with van der Waals surface area (Å²) in [4.78, 5) is 30.3. The van der Waals surface area contributed by atoms with E-state index in [1.54, 1.807) is 35.0 Å². The average Bonchev–Trinajstić information content (AvgIpc) is 3.24. The molecule has 0 aliphatic heterocycles. The minimum atomic E-state index is -0.237. The molecule has 0 saturated carbocycles. The first-order valence-electron chi connectivity index (χ1n) is 9.94. The fourth-order valence-electron chi connectivity index (χ4n) is 3.13.